The van der Waals surface area contributed by atoms with Gasteiger partial charge in [-0.05, 0) is 44.4 Å². The van der Waals surface area contributed by atoms with Crippen molar-refractivity contribution in [1.29, 1.82) is 0 Å². The van der Waals surface area contributed by atoms with Gasteiger partial charge in [0.15, 0.2) is 0 Å². The number of nitrogens with zero attached hydrogens (tertiary/aromatic N) is 1. The first-order valence-electron chi connectivity index (χ1n) is 8.16. The number of carbonyl (C=O) groups excluding carboxylic acids is 2. The van der Waals surface area contributed by atoms with Crippen molar-refractivity contribution in [3.05, 3.63) is 29.0 Å². The van der Waals surface area contributed by atoms with Crippen molar-refractivity contribution in [1.82, 2.24) is 4.90 Å². The van der Waals surface area contributed by atoms with Crippen LogP contribution in [0.15, 0.2) is 18.2 Å². The number of carbonyl (C=O) groups is 2. The first kappa shape index (κ1) is 21.7. The van der Waals surface area contributed by atoms with Crippen LogP contribution in [-0.2, 0) is 9.59 Å². The minimum Gasteiger partial charge on any atom is -0.343 e. The summed E-state index contributed by atoms with van der Waals surface area (Å²) in [5.74, 6) is -0.712. The number of halogens is 3. The summed E-state index contributed by atoms with van der Waals surface area (Å²) in [7, 11) is 0. The van der Waals surface area contributed by atoms with Gasteiger partial charge in [-0.1, -0.05) is 11.6 Å². The van der Waals surface area contributed by atoms with Gasteiger partial charge < -0.3 is 16.0 Å². The maximum atomic E-state index is 13.1. The third kappa shape index (κ3) is 6.45. The van der Waals surface area contributed by atoms with E-state index in [2.05, 4.69) is 5.32 Å². The Kier molecular flexibility index (Phi) is 8.62. The fourth-order valence-electron chi connectivity index (χ4n) is 2.72. The fourth-order valence-corrected chi connectivity index (χ4v) is 2.90. The molecule has 140 valence electrons. The molecule has 1 saturated heterocycles. The predicted molar refractivity (Wildman–Crippen MR) is 99.5 cm³/mol. The molecule has 1 unspecified atom stereocenters. The molecule has 5 nitrogen and oxygen atoms in total. The molecule has 0 aromatic heterocycles. The lowest BCUT2D eigenvalue weighted by Gasteiger charge is -2.31. The summed E-state index contributed by atoms with van der Waals surface area (Å²) in [6, 6.07) is 4.10. The number of nitrogens with two attached hydrogens (primary N) is 1. The van der Waals surface area contributed by atoms with Crippen LogP contribution in [-0.4, -0.2) is 35.8 Å². The van der Waals surface area contributed by atoms with E-state index in [0.29, 0.717) is 44.5 Å². The SMILES string of the molecule is CC(N)CCC(=O)N1CCC(C(=O)Nc2ccc(F)c(Cl)c2)CC1.Cl. The number of likely N-dealkylation sites (tertiary alicyclic amines) is 1. The number of benzene rings is 1. The van der Waals surface area contributed by atoms with Crippen molar-refractivity contribution < 1.29 is 14.0 Å². The first-order valence-corrected chi connectivity index (χ1v) is 8.54. The molecular formula is C17H24Cl2FN3O2. The maximum absolute atomic E-state index is 13.1. The number of nitrogens with one attached hydrogen (secondary N) is 1. The van der Waals surface area contributed by atoms with Crippen molar-refractivity contribution >= 4 is 41.5 Å². The van der Waals surface area contributed by atoms with Crippen LogP contribution >= 0.6 is 24.0 Å². The Morgan fingerprint density at radius 2 is 2.04 bits per heavy atom. The summed E-state index contributed by atoms with van der Waals surface area (Å²) < 4.78 is 13.1. The van der Waals surface area contributed by atoms with Crippen molar-refractivity contribution in [3.8, 4) is 0 Å². The van der Waals surface area contributed by atoms with E-state index in [1.165, 1.54) is 18.2 Å². The van der Waals surface area contributed by atoms with E-state index >= 15 is 0 Å². The highest BCUT2D eigenvalue weighted by Gasteiger charge is 2.27. The van der Waals surface area contributed by atoms with Gasteiger partial charge in [0.05, 0.1) is 5.02 Å². The largest absolute Gasteiger partial charge is 0.343 e. The van der Waals surface area contributed by atoms with E-state index < -0.39 is 5.82 Å². The molecule has 2 amide bonds. The third-order valence-electron chi connectivity index (χ3n) is 4.22. The average molecular weight is 392 g/mol. The molecule has 0 radical (unpaired) electrons. The van der Waals surface area contributed by atoms with Crippen molar-refractivity contribution in [3.63, 3.8) is 0 Å². The predicted octanol–water partition coefficient (Wildman–Crippen LogP) is 3.21. The molecule has 2 rings (SSSR count). The Morgan fingerprint density at radius 1 is 1.40 bits per heavy atom. The summed E-state index contributed by atoms with van der Waals surface area (Å²) in [5.41, 5.74) is 6.14. The van der Waals surface area contributed by atoms with Crippen LogP contribution < -0.4 is 11.1 Å². The fraction of sp³-hybridized carbons (Fsp3) is 0.529. The second kappa shape index (κ2) is 9.94. The van der Waals surface area contributed by atoms with E-state index in [1.807, 2.05) is 6.92 Å². The normalized spacial score (nSPS) is 16.1. The summed E-state index contributed by atoms with van der Waals surface area (Å²) in [6.45, 7) is 3.02. The van der Waals surface area contributed by atoms with Crippen molar-refractivity contribution in [2.75, 3.05) is 18.4 Å². The molecule has 0 spiro atoms. The molecule has 0 aliphatic carbocycles. The quantitative estimate of drug-likeness (QED) is 0.808. The van der Waals surface area contributed by atoms with Crippen LogP contribution in [0.4, 0.5) is 10.1 Å². The molecule has 8 heteroatoms. The Balaban J connectivity index is 0.00000312. The molecule has 1 aromatic rings. The average Bonchev–Trinajstić information content (AvgIpc) is 2.56. The van der Waals surface area contributed by atoms with Crippen LogP contribution in [0, 0.1) is 11.7 Å². The summed E-state index contributed by atoms with van der Waals surface area (Å²) in [5, 5.41) is 2.73. The minimum atomic E-state index is -0.520. The Morgan fingerprint density at radius 3 is 2.60 bits per heavy atom. The number of piperidine rings is 1. The monoisotopic (exact) mass is 391 g/mol. The Bertz CT molecular complexity index is 606. The van der Waals surface area contributed by atoms with Crippen LogP contribution in [0.1, 0.15) is 32.6 Å². The maximum Gasteiger partial charge on any atom is 0.227 e. The third-order valence-corrected chi connectivity index (χ3v) is 4.51. The molecule has 1 aliphatic rings. The molecule has 1 heterocycles. The minimum absolute atomic E-state index is 0. The van der Waals surface area contributed by atoms with Gasteiger partial charge in [0, 0.05) is 37.2 Å². The lowest BCUT2D eigenvalue weighted by Crippen LogP contribution is -2.41. The zero-order valence-electron chi connectivity index (χ0n) is 14.1. The van der Waals surface area contributed by atoms with Crippen LogP contribution in [0.5, 0.6) is 0 Å². The summed E-state index contributed by atoms with van der Waals surface area (Å²) in [4.78, 5) is 26.1. The van der Waals surface area contributed by atoms with Gasteiger partial charge in [-0.15, -0.1) is 12.4 Å². The molecule has 25 heavy (non-hydrogen) atoms. The van der Waals surface area contributed by atoms with Crippen molar-refractivity contribution in [2.45, 2.75) is 38.6 Å². The van der Waals surface area contributed by atoms with E-state index in [9.17, 15) is 14.0 Å². The molecule has 0 bridgehead atoms. The molecule has 3 N–H and O–H groups in total. The lowest BCUT2D eigenvalue weighted by atomic mass is 9.95. The number of amides is 2. The van der Waals surface area contributed by atoms with Gasteiger partial charge in [0.25, 0.3) is 0 Å². The van der Waals surface area contributed by atoms with Gasteiger partial charge in [0.1, 0.15) is 5.82 Å². The standard InChI is InChI=1S/C17H23ClFN3O2.ClH/c1-11(20)2-5-16(23)22-8-6-12(7-9-22)17(24)21-13-3-4-15(19)14(18)10-13;/h3-4,10-12H,2,5-9,20H2,1H3,(H,21,24);1H. The van der Waals surface area contributed by atoms with Crippen molar-refractivity contribution in [2.24, 2.45) is 11.7 Å². The summed E-state index contributed by atoms with van der Waals surface area (Å²) in [6.07, 6.45) is 2.35. The topological polar surface area (TPSA) is 75.4 Å². The lowest BCUT2D eigenvalue weighted by molar-refractivity contribution is -0.134. The molecule has 1 atom stereocenters. The highest BCUT2D eigenvalue weighted by atomic mass is 35.5. The Labute approximate surface area is 158 Å². The van der Waals surface area contributed by atoms with Gasteiger partial charge in [-0.2, -0.15) is 0 Å². The van der Waals surface area contributed by atoms with E-state index in [-0.39, 0.29) is 41.2 Å². The summed E-state index contributed by atoms with van der Waals surface area (Å²) >= 11 is 5.71. The number of hydrogen-bond acceptors (Lipinski definition) is 3. The molecule has 1 fully saturated rings. The van der Waals surface area contributed by atoms with Crippen LogP contribution in [0.25, 0.3) is 0 Å². The van der Waals surface area contributed by atoms with Crippen LogP contribution in [0.3, 0.4) is 0 Å². The van der Waals surface area contributed by atoms with E-state index in [0.717, 1.165) is 0 Å². The molecule has 1 aliphatic heterocycles. The molecule has 0 saturated carbocycles. The number of rotatable bonds is 5. The zero-order valence-corrected chi connectivity index (χ0v) is 15.7. The van der Waals surface area contributed by atoms with Gasteiger partial charge in [-0.25, -0.2) is 4.39 Å². The molecular weight excluding hydrogens is 368 g/mol. The van der Waals surface area contributed by atoms with Crippen LogP contribution in [0.2, 0.25) is 5.02 Å². The van der Waals surface area contributed by atoms with E-state index in [4.69, 9.17) is 17.3 Å². The smallest absolute Gasteiger partial charge is 0.227 e. The van der Waals surface area contributed by atoms with E-state index in [1.54, 1.807) is 4.90 Å². The van der Waals surface area contributed by atoms with Gasteiger partial charge in [0.2, 0.25) is 11.8 Å². The Hall–Kier alpha value is -1.37. The second-order valence-electron chi connectivity index (χ2n) is 6.29. The highest BCUT2D eigenvalue weighted by Crippen LogP contribution is 2.23. The first-order chi connectivity index (χ1) is 11.4. The zero-order chi connectivity index (χ0) is 17.7. The highest BCUT2D eigenvalue weighted by molar-refractivity contribution is 6.31. The van der Waals surface area contributed by atoms with Gasteiger partial charge in [-0.3, -0.25) is 9.59 Å². The second-order valence-corrected chi connectivity index (χ2v) is 6.70. The number of anilines is 1. The number of hydrogen-bond donors (Lipinski definition) is 2. The molecule has 1 aromatic carbocycles. The van der Waals surface area contributed by atoms with Gasteiger partial charge >= 0.3 is 0 Å².